The van der Waals surface area contributed by atoms with Gasteiger partial charge in [0.05, 0.1) is 24.4 Å². The van der Waals surface area contributed by atoms with Crippen molar-refractivity contribution >= 4 is 0 Å². The third kappa shape index (κ3) is 2.55. The quantitative estimate of drug-likeness (QED) is 0.883. The van der Waals surface area contributed by atoms with Gasteiger partial charge in [-0.2, -0.15) is 5.10 Å². The van der Waals surface area contributed by atoms with Crippen molar-refractivity contribution in [2.75, 3.05) is 13.1 Å². The summed E-state index contributed by atoms with van der Waals surface area (Å²) in [4.78, 5) is 2.51. The molecule has 2 saturated heterocycles. The molecular weight excluding hydrogens is 240 g/mol. The van der Waals surface area contributed by atoms with Crippen LogP contribution in [-0.4, -0.2) is 46.0 Å². The van der Waals surface area contributed by atoms with Crippen LogP contribution in [0.25, 0.3) is 0 Å². The Labute approximate surface area is 114 Å². The van der Waals surface area contributed by atoms with Gasteiger partial charge in [-0.1, -0.05) is 6.92 Å². The number of hydrogen-bond donors (Lipinski definition) is 1. The van der Waals surface area contributed by atoms with E-state index < -0.39 is 0 Å². The lowest BCUT2D eigenvalue weighted by Gasteiger charge is -2.40. The van der Waals surface area contributed by atoms with Crippen LogP contribution < -0.4 is 5.73 Å². The van der Waals surface area contributed by atoms with E-state index in [4.69, 9.17) is 10.5 Å². The highest BCUT2D eigenvalue weighted by Gasteiger charge is 2.38. The van der Waals surface area contributed by atoms with Gasteiger partial charge in [0, 0.05) is 37.9 Å². The second-order valence-corrected chi connectivity index (χ2v) is 5.88. The van der Waals surface area contributed by atoms with Crippen LogP contribution in [0.4, 0.5) is 0 Å². The molecule has 2 fully saturated rings. The minimum Gasteiger partial charge on any atom is -0.372 e. The third-order valence-corrected chi connectivity index (χ3v) is 4.41. The summed E-state index contributed by atoms with van der Waals surface area (Å²) in [6, 6.07) is 0.424. The fourth-order valence-electron chi connectivity index (χ4n) is 3.42. The molecule has 106 valence electrons. The Kier molecular flexibility index (Phi) is 3.60. The van der Waals surface area contributed by atoms with E-state index in [0.717, 1.165) is 19.5 Å². The number of likely N-dealkylation sites (tertiary alicyclic amines) is 1. The fraction of sp³-hybridized carbons (Fsp3) is 0.786. The zero-order chi connectivity index (χ0) is 13.4. The molecule has 0 aliphatic carbocycles. The van der Waals surface area contributed by atoms with E-state index >= 15 is 0 Å². The number of morpholine rings is 1. The topological polar surface area (TPSA) is 56.3 Å². The molecular formula is C14H24N4O. The Morgan fingerprint density at radius 2 is 2.11 bits per heavy atom. The molecule has 1 aromatic rings. The maximum absolute atomic E-state index is 6.38. The molecule has 2 N–H and O–H groups in total. The molecule has 3 heterocycles. The zero-order valence-corrected chi connectivity index (χ0v) is 11.8. The first-order valence-electron chi connectivity index (χ1n) is 7.31. The number of aromatic nitrogens is 2. The van der Waals surface area contributed by atoms with Crippen LogP contribution in [0.3, 0.4) is 0 Å². The summed E-state index contributed by atoms with van der Waals surface area (Å²) in [6.45, 7) is 4.16. The predicted molar refractivity (Wildman–Crippen MR) is 73.7 cm³/mol. The zero-order valence-electron chi connectivity index (χ0n) is 11.8. The van der Waals surface area contributed by atoms with Gasteiger partial charge < -0.3 is 10.5 Å². The van der Waals surface area contributed by atoms with Crippen LogP contribution in [0.15, 0.2) is 12.4 Å². The van der Waals surface area contributed by atoms with Gasteiger partial charge in [-0.05, 0) is 19.3 Å². The molecule has 4 atom stereocenters. The van der Waals surface area contributed by atoms with Crippen molar-refractivity contribution in [3.05, 3.63) is 18.0 Å². The maximum Gasteiger partial charge on any atom is 0.0707 e. The summed E-state index contributed by atoms with van der Waals surface area (Å²) >= 11 is 0. The average molecular weight is 264 g/mol. The average Bonchev–Trinajstić information content (AvgIpc) is 2.96. The van der Waals surface area contributed by atoms with Gasteiger partial charge in [-0.3, -0.25) is 9.58 Å². The molecule has 4 unspecified atom stereocenters. The summed E-state index contributed by atoms with van der Waals surface area (Å²) in [7, 11) is 1.96. The van der Waals surface area contributed by atoms with Crippen LogP contribution in [0.5, 0.6) is 0 Å². The Morgan fingerprint density at radius 3 is 2.63 bits per heavy atom. The van der Waals surface area contributed by atoms with E-state index in [1.54, 1.807) is 0 Å². The predicted octanol–water partition coefficient (Wildman–Crippen LogP) is 1.06. The second-order valence-electron chi connectivity index (χ2n) is 5.88. The normalized spacial score (nSPS) is 30.5. The van der Waals surface area contributed by atoms with E-state index in [1.165, 1.54) is 18.4 Å². The van der Waals surface area contributed by atoms with Crippen molar-refractivity contribution in [2.45, 2.75) is 50.5 Å². The van der Waals surface area contributed by atoms with Crippen molar-refractivity contribution in [1.29, 1.82) is 0 Å². The highest BCUT2D eigenvalue weighted by atomic mass is 16.5. The lowest BCUT2D eigenvalue weighted by molar-refractivity contribution is -0.0568. The SMILES string of the molecule is CCC(N)C(c1cnn(C)c1)N1CC2CCC(C1)O2. The van der Waals surface area contributed by atoms with Crippen LogP contribution in [0, 0.1) is 0 Å². The Hall–Kier alpha value is -0.910. The summed E-state index contributed by atoms with van der Waals surface area (Å²) in [5.41, 5.74) is 7.62. The maximum atomic E-state index is 6.38. The number of fused-ring (bicyclic) bond motifs is 2. The molecule has 0 amide bonds. The summed E-state index contributed by atoms with van der Waals surface area (Å²) in [5.74, 6) is 0. The molecule has 1 aromatic heterocycles. The van der Waals surface area contributed by atoms with Crippen molar-refractivity contribution in [3.8, 4) is 0 Å². The Balaban J connectivity index is 1.83. The van der Waals surface area contributed by atoms with Crippen molar-refractivity contribution in [3.63, 3.8) is 0 Å². The van der Waals surface area contributed by atoms with Gasteiger partial charge in [-0.25, -0.2) is 0 Å². The molecule has 2 aliphatic rings. The number of hydrogen-bond acceptors (Lipinski definition) is 4. The number of nitrogens with two attached hydrogens (primary N) is 1. The van der Waals surface area contributed by atoms with Crippen molar-refractivity contribution in [2.24, 2.45) is 12.8 Å². The van der Waals surface area contributed by atoms with Crippen molar-refractivity contribution in [1.82, 2.24) is 14.7 Å². The van der Waals surface area contributed by atoms with E-state index in [-0.39, 0.29) is 12.1 Å². The van der Waals surface area contributed by atoms with Gasteiger partial charge in [0.15, 0.2) is 0 Å². The molecule has 3 rings (SSSR count). The molecule has 2 aliphatic heterocycles. The van der Waals surface area contributed by atoms with E-state index in [9.17, 15) is 0 Å². The van der Waals surface area contributed by atoms with Gasteiger partial charge >= 0.3 is 0 Å². The van der Waals surface area contributed by atoms with Crippen LogP contribution in [-0.2, 0) is 11.8 Å². The molecule has 0 radical (unpaired) electrons. The van der Waals surface area contributed by atoms with Gasteiger partial charge in [0.25, 0.3) is 0 Å². The number of rotatable bonds is 4. The van der Waals surface area contributed by atoms with Gasteiger partial charge in [-0.15, -0.1) is 0 Å². The van der Waals surface area contributed by atoms with E-state index in [1.807, 2.05) is 17.9 Å². The second kappa shape index (κ2) is 5.23. The molecule has 19 heavy (non-hydrogen) atoms. The minimum absolute atomic E-state index is 0.154. The van der Waals surface area contributed by atoms with Crippen LogP contribution in [0.1, 0.15) is 37.8 Å². The smallest absolute Gasteiger partial charge is 0.0707 e. The lowest BCUT2D eigenvalue weighted by atomic mass is 9.98. The third-order valence-electron chi connectivity index (χ3n) is 4.41. The summed E-state index contributed by atoms with van der Waals surface area (Å²) in [6.07, 6.45) is 8.23. The lowest BCUT2D eigenvalue weighted by Crippen LogP contribution is -2.49. The molecule has 5 nitrogen and oxygen atoms in total. The Morgan fingerprint density at radius 1 is 1.42 bits per heavy atom. The van der Waals surface area contributed by atoms with Crippen LogP contribution in [0.2, 0.25) is 0 Å². The minimum atomic E-state index is 0.154. The molecule has 5 heteroatoms. The first-order valence-corrected chi connectivity index (χ1v) is 7.31. The number of ether oxygens (including phenoxy) is 1. The molecule has 0 spiro atoms. The van der Waals surface area contributed by atoms with E-state index in [2.05, 4.69) is 23.1 Å². The first kappa shape index (κ1) is 13.1. The standard InChI is InChI=1S/C14H24N4O/c1-3-13(15)14(10-6-16-17(2)7-10)18-8-11-4-5-12(9-18)19-11/h6-7,11-14H,3-5,8-9,15H2,1-2H3. The highest BCUT2D eigenvalue weighted by molar-refractivity contribution is 5.14. The largest absolute Gasteiger partial charge is 0.372 e. The Bertz CT molecular complexity index is 421. The van der Waals surface area contributed by atoms with Crippen molar-refractivity contribution < 1.29 is 4.74 Å². The van der Waals surface area contributed by atoms with Gasteiger partial charge in [0.1, 0.15) is 0 Å². The summed E-state index contributed by atoms with van der Waals surface area (Å²) < 4.78 is 7.79. The molecule has 2 bridgehead atoms. The molecule has 0 aromatic carbocycles. The fourth-order valence-corrected chi connectivity index (χ4v) is 3.42. The summed E-state index contributed by atoms with van der Waals surface area (Å²) in [5, 5.41) is 4.31. The highest BCUT2D eigenvalue weighted by Crippen LogP contribution is 2.33. The molecule has 0 saturated carbocycles. The van der Waals surface area contributed by atoms with Crippen LogP contribution >= 0.6 is 0 Å². The van der Waals surface area contributed by atoms with Gasteiger partial charge in [0.2, 0.25) is 0 Å². The first-order chi connectivity index (χ1) is 9.17. The number of nitrogens with zero attached hydrogens (tertiary/aromatic N) is 3. The van der Waals surface area contributed by atoms with E-state index in [0.29, 0.717) is 12.2 Å². The number of aryl methyl sites for hydroxylation is 1. The monoisotopic (exact) mass is 264 g/mol.